The van der Waals surface area contributed by atoms with Gasteiger partial charge >= 0.3 is 5.97 Å². The van der Waals surface area contributed by atoms with Crippen molar-refractivity contribution in [2.24, 2.45) is 16.6 Å². The van der Waals surface area contributed by atoms with Crippen LogP contribution in [0.4, 0.5) is 5.69 Å². The van der Waals surface area contributed by atoms with E-state index in [1.807, 2.05) is 6.92 Å². The minimum Gasteiger partial charge on any atom is -0.482 e. The van der Waals surface area contributed by atoms with Gasteiger partial charge in [-0.1, -0.05) is 6.07 Å². The van der Waals surface area contributed by atoms with E-state index in [0.29, 0.717) is 55.5 Å². The molecule has 3 fully saturated rings. The predicted molar refractivity (Wildman–Crippen MR) is 150 cm³/mol. The Morgan fingerprint density at radius 2 is 1.84 bits per heavy atom. The van der Waals surface area contributed by atoms with Crippen molar-refractivity contribution in [2.75, 3.05) is 11.9 Å². The summed E-state index contributed by atoms with van der Waals surface area (Å²) in [6, 6.07) is 6.16. The summed E-state index contributed by atoms with van der Waals surface area (Å²) in [5.41, 5.74) is 5.45. The van der Waals surface area contributed by atoms with Gasteiger partial charge in [-0.3, -0.25) is 28.4 Å². The number of benzene rings is 1. The zero-order chi connectivity index (χ0) is 30.5. The second kappa shape index (κ2) is 10.4. The van der Waals surface area contributed by atoms with Gasteiger partial charge < -0.3 is 31.5 Å². The molecule has 0 saturated heterocycles. The van der Waals surface area contributed by atoms with Gasteiger partial charge in [0.05, 0.1) is 11.1 Å². The van der Waals surface area contributed by atoms with E-state index in [0.717, 1.165) is 0 Å². The maximum absolute atomic E-state index is 13.7. The Bertz CT molecular complexity index is 1670. The molecule has 224 valence electrons. The van der Waals surface area contributed by atoms with Crippen molar-refractivity contribution in [3.63, 3.8) is 0 Å². The first kappa shape index (κ1) is 28.1. The van der Waals surface area contributed by atoms with Crippen LogP contribution in [0.2, 0.25) is 0 Å². The Labute approximate surface area is 245 Å². The molecule has 3 heterocycles. The van der Waals surface area contributed by atoms with E-state index in [2.05, 4.69) is 25.9 Å². The number of carboxylic acid groups (broad SMARTS) is 1. The molecule has 4 aliphatic rings. The lowest BCUT2D eigenvalue weighted by molar-refractivity contribution is -0.159. The fraction of sp³-hybridized carbons (Fsp3) is 0.414. The minimum atomic E-state index is -0.865. The first-order valence-corrected chi connectivity index (χ1v) is 14.1. The number of fused-ring (bicyclic) bond motifs is 5. The fourth-order valence-electron chi connectivity index (χ4n) is 6.56. The number of aromatic nitrogens is 3. The van der Waals surface area contributed by atoms with Gasteiger partial charge in [0, 0.05) is 12.6 Å². The first-order chi connectivity index (χ1) is 20.5. The number of rotatable bonds is 8. The molecular weight excluding hydrogens is 558 g/mol. The quantitative estimate of drug-likeness (QED) is 0.258. The van der Waals surface area contributed by atoms with Crippen LogP contribution in [0.25, 0.3) is 5.65 Å². The lowest BCUT2D eigenvalue weighted by Gasteiger charge is -2.54. The van der Waals surface area contributed by atoms with Crippen LogP contribution in [-0.2, 0) is 16.1 Å². The van der Waals surface area contributed by atoms with Crippen molar-refractivity contribution in [3.8, 4) is 5.75 Å². The number of carboxylic acids is 1. The number of carbonyl (C=O) groups excluding carboxylic acids is 4. The van der Waals surface area contributed by atoms with Crippen LogP contribution in [-0.4, -0.2) is 61.7 Å². The predicted octanol–water partition coefficient (Wildman–Crippen LogP) is 1.63. The molecule has 3 aliphatic carbocycles. The minimum absolute atomic E-state index is 0.0358. The topological polar surface area (TPSA) is 207 Å². The number of nitrogens with zero attached hydrogens (tertiary/aromatic N) is 3. The third-order valence-corrected chi connectivity index (χ3v) is 9.35. The highest BCUT2D eigenvalue weighted by Crippen LogP contribution is 2.58. The fourth-order valence-corrected chi connectivity index (χ4v) is 6.56. The van der Waals surface area contributed by atoms with Crippen LogP contribution in [0.5, 0.6) is 5.75 Å². The van der Waals surface area contributed by atoms with Gasteiger partial charge in [0.25, 0.3) is 23.6 Å². The van der Waals surface area contributed by atoms with Gasteiger partial charge in [0.2, 0.25) is 0 Å². The van der Waals surface area contributed by atoms with Crippen LogP contribution >= 0.6 is 0 Å². The van der Waals surface area contributed by atoms with Crippen molar-refractivity contribution in [2.45, 2.75) is 58.0 Å². The summed E-state index contributed by atoms with van der Waals surface area (Å²) in [7, 11) is 0. The molecule has 14 heteroatoms. The molecule has 7 rings (SSSR count). The highest BCUT2D eigenvalue weighted by molar-refractivity contribution is 6.02. The molecule has 14 nitrogen and oxygen atoms in total. The van der Waals surface area contributed by atoms with Crippen molar-refractivity contribution >= 4 is 40.9 Å². The SMILES string of the molecule is CC(NC(=O)c1cc(C(=O)NCc2ccc3c(c2)NC(=O)CO3)nc2c(C(N)=O)ncn12)C12CCC(C(=O)O)(CC1)CC2. The number of amides is 4. The molecule has 6 N–H and O–H groups in total. The van der Waals surface area contributed by atoms with E-state index in [9.17, 15) is 29.1 Å². The van der Waals surface area contributed by atoms with E-state index in [-0.39, 0.29) is 53.2 Å². The Morgan fingerprint density at radius 3 is 2.51 bits per heavy atom. The van der Waals surface area contributed by atoms with Gasteiger partial charge in [0.1, 0.15) is 23.5 Å². The van der Waals surface area contributed by atoms with E-state index in [1.54, 1.807) is 18.2 Å². The Kier molecular flexibility index (Phi) is 6.78. The van der Waals surface area contributed by atoms with Gasteiger partial charge in [0.15, 0.2) is 17.9 Å². The van der Waals surface area contributed by atoms with E-state index >= 15 is 0 Å². The monoisotopic (exact) mass is 589 g/mol. The third-order valence-electron chi connectivity index (χ3n) is 9.35. The van der Waals surface area contributed by atoms with E-state index in [4.69, 9.17) is 10.5 Å². The number of carbonyl (C=O) groups is 5. The molecule has 2 bridgehead atoms. The normalized spacial score (nSPS) is 23.0. The molecule has 1 aliphatic heterocycles. The molecule has 4 amide bonds. The molecule has 43 heavy (non-hydrogen) atoms. The summed E-state index contributed by atoms with van der Waals surface area (Å²) in [6.07, 6.45) is 5.03. The van der Waals surface area contributed by atoms with Crippen LogP contribution in [0.1, 0.15) is 82.5 Å². The maximum atomic E-state index is 13.7. The van der Waals surface area contributed by atoms with Crippen LogP contribution < -0.4 is 26.4 Å². The summed E-state index contributed by atoms with van der Waals surface area (Å²) >= 11 is 0. The summed E-state index contributed by atoms with van der Waals surface area (Å²) in [5, 5.41) is 18.3. The van der Waals surface area contributed by atoms with Crippen molar-refractivity contribution in [3.05, 3.63) is 53.2 Å². The lowest BCUT2D eigenvalue weighted by atomic mass is 9.52. The summed E-state index contributed by atoms with van der Waals surface area (Å²) in [6.45, 7) is 1.92. The summed E-state index contributed by atoms with van der Waals surface area (Å²) in [4.78, 5) is 70.8. The van der Waals surface area contributed by atoms with Crippen LogP contribution in [0, 0.1) is 10.8 Å². The second-order valence-electron chi connectivity index (χ2n) is 11.7. The molecule has 0 spiro atoms. The zero-order valence-electron chi connectivity index (χ0n) is 23.4. The van der Waals surface area contributed by atoms with E-state index in [1.165, 1.54) is 16.8 Å². The van der Waals surface area contributed by atoms with Crippen LogP contribution in [0.15, 0.2) is 30.6 Å². The number of hydrogen-bond donors (Lipinski definition) is 5. The smallest absolute Gasteiger partial charge is 0.309 e. The van der Waals surface area contributed by atoms with Crippen molar-refractivity contribution in [1.82, 2.24) is 25.0 Å². The third kappa shape index (κ3) is 4.91. The van der Waals surface area contributed by atoms with E-state index < -0.39 is 29.1 Å². The highest BCUT2D eigenvalue weighted by atomic mass is 16.5. The number of aliphatic carboxylic acids is 1. The van der Waals surface area contributed by atoms with Gasteiger partial charge in [-0.2, -0.15) is 0 Å². The number of nitrogens with one attached hydrogen (secondary N) is 3. The number of primary amides is 1. The Balaban J connectivity index is 1.23. The average molecular weight is 590 g/mol. The number of anilines is 1. The number of ether oxygens (including phenoxy) is 1. The summed E-state index contributed by atoms with van der Waals surface area (Å²) < 4.78 is 6.68. The van der Waals surface area contributed by atoms with Gasteiger partial charge in [-0.15, -0.1) is 0 Å². The molecule has 1 unspecified atom stereocenters. The number of hydrogen-bond acceptors (Lipinski definition) is 8. The molecule has 3 saturated carbocycles. The molecule has 0 radical (unpaired) electrons. The zero-order valence-corrected chi connectivity index (χ0v) is 23.4. The highest BCUT2D eigenvalue weighted by Gasteiger charge is 2.54. The van der Waals surface area contributed by atoms with Crippen molar-refractivity contribution < 1.29 is 33.8 Å². The molecular formula is C29H31N7O7. The lowest BCUT2D eigenvalue weighted by Crippen LogP contribution is -2.54. The average Bonchev–Trinajstić information content (AvgIpc) is 3.44. The summed E-state index contributed by atoms with van der Waals surface area (Å²) in [5.74, 6) is -2.48. The number of nitrogens with two attached hydrogens (primary N) is 1. The Hall–Kier alpha value is -5.01. The molecule has 2 aromatic heterocycles. The molecule has 1 atom stereocenters. The molecule has 1 aromatic carbocycles. The van der Waals surface area contributed by atoms with Crippen LogP contribution in [0.3, 0.4) is 0 Å². The standard InChI is InChI=1S/C29H31N7O7/c1-15(28-4-7-29(8-5-28,9-6-28)27(41)42)33-26(40)19-11-18(35-24-22(23(30)38)32-14-36(19)24)25(39)31-12-16-2-3-20-17(10-16)34-21(37)13-43-20/h2-3,10-11,14-15H,4-9,12-13H2,1H3,(H2,30,38)(H,31,39)(H,33,40)(H,34,37)(H,41,42). The number of imidazole rings is 1. The maximum Gasteiger partial charge on any atom is 0.309 e. The van der Waals surface area contributed by atoms with Gasteiger partial charge in [-0.05, 0) is 74.6 Å². The second-order valence-corrected chi connectivity index (χ2v) is 11.7. The van der Waals surface area contributed by atoms with Gasteiger partial charge in [-0.25, -0.2) is 9.97 Å². The largest absolute Gasteiger partial charge is 0.482 e. The molecule has 3 aromatic rings. The Morgan fingerprint density at radius 1 is 1.12 bits per heavy atom. The first-order valence-electron chi connectivity index (χ1n) is 14.1. The van der Waals surface area contributed by atoms with Crippen molar-refractivity contribution in [1.29, 1.82) is 0 Å².